The molecule has 0 aromatic heterocycles. The molecule has 21 heavy (non-hydrogen) atoms. The normalized spacial score (nSPS) is 18.2. The topological polar surface area (TPSA) is 78.9 Å². The Morgan fingerprint density at radius 2 is 2.19 bits per heavy atom. The summed E-state index contributed by atoms with van der Waals surface area (Å²) in [6.45, 7) is 2.94. The van der Waals surface area contributed by atoms with Crippen molar-refractivity contribution in [2.24, 2.45) is 5.92 Å². The Bertz CT molecular complexity index is 532. The molecular formula is C15H20N2O4. The highest BCUT2D eigenvalue weighted by atomic mass is 16.5. The van der Waals surface area contributed by atoms with E-state index in [1.54, 1.807) is 19.2 Å². The molecule has 6 heteroatoms. The lowest BCUT2D eigenvalue weighted by Gasteiger charge is -2.24. The predicted octanol–water partition coefficient (Wildman–Crippen LogP) is 1.49. The number of methoxy groups -OCH3 is 1. The number of aliphatic carboxylic acids is 1. The maximum Gasteiger partial charge on any atom is 0.327 e. The standard InChI is InChI=1S/C15H20N2O4/c1-10(9-21-2)8-16-15(20)17-12-6-4-3-5-11(12)7-13(17)14(18)19/h3-6,10,13H,7-9H2,1-2H3,(H,16,20)(H,18,19). The van der Waals surface area contributed by atoms with Crippen LogP contribution in [0.4, 0.5) is 10.5 Å². The minimum atomic E-state index is -0.994. The lowest BCUT2D eigenvalue weighted by atomic mass is 10.1. The molecule has 114 valence electrons. The van der Waals surface area contributed by atoms with Gasteiger partial charge in [-0.2, -0.15) is 0 Å². The van der Waals surface area contributed by atoms with Gasteiger partial charge in [0.25, 0.3) is 0 Å². The number of hydrogen-bond acceptors (Lipinski definition) is 3. The van der Waals surface area contributed by atoms with Gasteiger partial charge >= 0.3 is 12.0 Å². The summed E-state index contributed by atoms with van der Waals surface area (Å²) in [5.41, 5.74) is 1.55. The first-order valence-electron chi connectivity index (χ1n) is 6.91. The van der Waals surface area contributed by atoms with E-state index in [0.717, 1.165) is 5.56 Å². The second-order valence-electron chi connectivity index (χ2n) is 5.30. The van der Waals surface area contributed by atoms with E-state index in [4.69, 9.17) is 4.74 Å². The quantitative estimate of drug-likeness (QED) is 0.862. The largest absolute Gasteiger partial charge is 0.480 e. The molecular weight excluding hydrogens is 272 g/mol. The summed E-state index contributed by atoms with van der Waals surface area (Å²) in [5.74, 6) is -0.827. The average molecular weight is 292 g/mol. The predicted molar refractivity (Wildman–Crippen MR) is 78.5 cm³/mol. The fourth-order valence-electron chi connectivity index (χ4n) is 2.52. The van der Waals surface area contributed by atoms with Crippen LogP contribution in [0.25, 0.3) is 0 Å². The minimum absolute atomic E-state index is 0.167. The number of nitrogens with one attached hydrogen (secondary N) is 1. The first-order valence-corrected chi connectivity index (χ1v) is 6.91. The minimum Gasteiger partial charge on any atom is -0.480 e. The van der Waals surface area contributed by atoms with Crippen molar-refractivity contribution in [1.82, 2.24) is 5.32 Å². The number of para-hydroxylation sites is 1. The van der Waals surface area contributed by atoms with E-state index in [1.165, 1.54) is 4.90 Å². The molecule has 2 N–H and O–H groups in total. The van der Waals surface area contributed by atoms with Gasteiger partial charge in [-0.05, 0) is 17.5 Å². The Morgan fingerprint density at radius 3 is 2.86 bits per heavy atom. The van der Waals surface area contributed by atoms with Crippen molar-refractivity contribution in [3.8, 4) is 0 Å². The van der Waals surface area contributed by atoms with Crippen LogP contribution in [0.5, 0.6) is 0 Å². The van der Waals surface area contributed by atoms with Gasteiger partial charge in [0.2, 0.25) is 0 Å². The summed E-state index contributed by atoms with van der Waals surface area (Å²) in [6, 6.07) is 6.05. The molecule has 2 amide bonds. The molecule has 0 fully saturated rings. The van der Waals surface area contributed by atoms with Gasteiger partial charge in [0.05, 0.1) is 6.61 Å². The molecule has 2 unspecified atom stereocenters. The number of carbonyl (C=O) groups is 2. The van der Waals surface area contributed by atoms with Crippen molar-refractivity contribution in [2.45, 2.75) is 19.4 Å². The summed E-state index contributed by atoms with van der Waals surface area (Å²) >= 11 is 0. The number of carboxylic acids is 1. The van der Waals surface area contributed by atoms with E-state index in [9.17, 15) is 14.7 Å². The second kappa shape index (κ2) is 6.58. The van der Waals surface area contributed by atoms with Gasteiger partial charge < -0.3 is 15.2 Å². The van der Waals surface area contributed by atoms with Crippen LogP contribution < -0.4 is 10.2 Å². The van der Waals surface area contributed by atoms with Crippen molar-refractivity contribution < 1.29 is 19.4 Å². The molecule has 1 aliphatic heterocycles. The Balaban J connectivity index is 2.11. The van der Waals surface area contributed by atoms with Gasteiger partial charge in [-0.25, -0.2) is 9.59 Å². The molecule has 0 spiro atoms. The summed E-state index contributed by atoms with van der Waals surface area (Å²) in [4.78, 5) is 25.1. The molecule has 1 aliphatic rings. The van der Waals surface area contributed by atoms with E-state index in [2.05, 4.69) is 5.32 Å². The van der Waals surface area contributed by atoms with Gasteiger partial charge in [0, 0.05) is 25.8 Å². The molecule has 6 nitrogen and oxygen atoms in total. The van der Waals surface area contributed by atoms with Crippen LogP contribution >= 0.6 is 0 Å². The van der Waals surface area contributed by atoms with Crippen molar-refractivity contribution >= 4 is 17.7 Å². The molecule has 1 aromatic carbocycles. The Kier molecular flexibility index (Phi) is 4.80. The highest BCUT2D eigenvalue weighted by Gasteiger charge is 2.38. The first-order chi connectivity index (χ1) is 10.0. The lowest BCUT2D eigenvalue weighted by Crippen LogP contribution is -2.49. The number of rotatable bonds is 5. The highest BCUT2D eigenvalue weighted by molar-refractivity contribution is 6.01. The van der Waals surface area contributed by atoms with Gasteiger partial charge in [0.1, 0.15) is 6.04 Å². The van der Waals surface area contributed by atoms with Crippen LogP contribution in [0.15, 0.2) is 24.3 Å². The van der Waals surface area contributed by atoms with Gasteiger partial charge in [-0.1, -0.05) is 25.1 Å². The van der Waals surface area contributed by atoms with Crippen LogP contribution in [0, 0.1) is 5.92 Å². The molecule has 0 saturated heterocycles. The fourth-order valence-corrected chi connectivity index (χ4v) is 2.52. The highest BCUT2D eigenvalue weighted by Crippen LogP contribution is 2.32. The smallest absolute Gasteiger partial charge is 0.327 e. The zero-order valence-corrected chi connectivity index (χ0v) is 12.2. The van der Waals surface area contributed by atoms with Crippen molar-refractivity contribution in [2.75, 3.05) is 25.2 Å². The van der Waals surface area contributed by atoms with E-state index in [0.29, 0.717) is 25.3 Å². The molecule has 1 heterocycles. The average Bonchev–Trinajstić information content (AvgIpc) is 2.85. The zero-order valence-electron chi connectivity index (χ0n) is 12.2. The monoisotopic (exact) mass is 292 g/mol. The first kappa shape index (κ1) is 15.3. The number of urea groups is 1. The Hall–Kier alpha value is -2.08. The van der Waals surface area contributed by atoms with Gasteiger partial charge in [0.15, 0.2) is 0 Å². The van der Waals surface area contributed by atoms with Gasteiger partial charge in [-0.15, -0.1) is 0 Å². The molecule has 0 aliphatic carbocycles. The number of nitrogens with zero attached hydrogens (tertiary/aromatic N) is 1. The number of benzene rings is 1. The van der Waals surface area contributed by atoms with E-state index < -0.39 is 12.0 Å². The number of ether oxygens (including phenoxy) is 1. The van der Waals surface area contributed by atoms with E-state index in [-0.39, 0.29) is 11.9 Å². The van der Waals surface area contributed by atoms with Crippen LogP contribution in [0.3, 0.4) is 0 Å². The zero-order chi connectivity index (χ0) is 15.4. The third kappa shape index (κ3) is 3.33. The van der Waals surface area contributed by atoms with E-state index >= 15 is 0 Å². The van der Waals surface area contributed by atoms with Crippen molar-refractivity contribution in [1.29, 1.82) is 0 Å². The Labute approximate surface area is 123 Å². The van der Waals surface area contributed by atoms with Crippen LogP contribution in [0.1, 0.15) is 12.5 Å². The number of fused-ring (bicyclic) bond motifs is 1. The molecule has 2 rings (SSSR count). The SMILES string of the molecule is COCC(C)CNC(=O)N1c2ccccc2CC1C(=O)O. The van der Waals surface area contributed by atoms with Crippen LogP contribution in [-0.4, -0.2) is 43.4 Å². The summed E-state index contributed by atoms with van der Waals surface area (Å²) in [5, 5.41) is 12.1. The van der Waals surface area contributed by atoms with Crippen LogP contribution in [-0.2, 0) is 16.0 Å². The number of hydrogen-bond donors (Lipinski definition) is 2. The molecule has 0 saturated carbocycles. The van der Waals surface area contributed by atoms with Crippen molar-refractivity contribution in [3.05, 3.63) is 29.8 Å². The third-order valence-corrected chi connectivity index (χ3v) is 3.53. The van der Waals surface area contributed by atoms with E-state index in [1.807, 2.05) is 19.1 Å². The maximum absolute atomic E-state index is 12.3. The molecule has 1 aromatic rings. The maximum atomic E-state index is 12.3. The molecule has 0 bridgehead atoms. The summed E-state index contributed by atoms with van der Waals surface area (Å²) in [7, 11) is 1.61. The number of carboxylic acid groups (broad SMARTS) is 1. The second-order valence-corrected chi connectivity index (χ2v) is 5.30. The van der Waals surface area contributed by atoms with Gasteiger partial charge in [-0.3, -0.25) is 4.90 Å². The number of carbonyl (C=O) groups excluding carboxylic acids is 1. The van der Waals surface area contributed by atoms with Crippen LogP contribution in [0.2, 0.25) is 0 Å². The number of anilines is 1. The lowest BCUT2D eigenvalue weighted by molar-refractivity contribution is -0.138. The number of amides is 2. The fraction of sp³-hybridized carbons (Fsp3) is 0.467. The molecule has 2 atom stereocenters. The summed E-state index contributed by atoms with van der Waals surface area (Å²) in [6.07, 6.45) is 0.340. The molecule has 0 radical (unpaired) electrons. The Morgan fingerprint density at radius 1 is 1.48 bits per heavy atom. The third-order valence-electron chi connectivity index (χ3n) is 3.53. The van der Waals surface area contributed by atoms with Crippen molar-refractivity contribution in [3.63, 3.8) is 0 Å². The summed E-state index contributed by atoms with van der Waals surface area (Å²) < 4.78 is 5.02.